The third-order valence-corrected chi connectivity index (χ3v) is 6.06. The second-order valence-electron chi connectivity index (χ2n) is 7.25. The number of fused-ring (bicyclic) bond motifs is 1. The Balaban J connectivity index is 2.15. The van der Waals surface area contributed by atoms with Crippen molar-refractivity contribution in [3.63, 3.8) is 0 Å². The van der Waals surface area contributed by atoms with Crippen molar-refractivity contribution in [1.29, 1.82) is 0 Å². The van der Waals surface area contributed by atoms with Crippen LogP contribution in [0.4, 0.5) is 0 Å². The lowest BCUT2D eigenvalue weighted by Gasteiger charge is -2.38. The number of allylic oxidation sites excluding steroid dienone is 1. The van der Waals surface area contributed by atoms with E-state index >= 15 is 0 Å². The molecule has 23 heavy (non-hydrogen) atoms. The average molecular weight is 316 g/mol. The molecule has 4 nitrogen and oxygen atoms in total. The summed E-state index contributed by atoms with van der Waals surface area (Å²) in [7, 11) is 0. The molecule has 124 valence electrons. The molecule has 4 unspecified atom stereocenters. The van der Waals surface area contributed by atoms with Crippen LogP contribution in [0.2, 0.25) is 0 Å². The molecule has 4 heteroatoms. The van der Waals surface area contributed by atoms with Crippen molar-refractivity contribution in [3.05, 3.63) is 23.3 Å². The van der Waals surface area contributed by atoms with Gasteiger partial charge in [0.1, 0.15) is 0 Å². The van der Waals surface area contributed by atoms with E-state index in [1.165, 1.54) is 0 Å². The zero-order valence-corrected chi connectivity index (χ0v) is 13.7. The molecule has 0 heterocycles. The molecule has 2 saturated carbocycles. The maximum atomic E-state index is 13.0. The van der Waals surface area contributed by atoms with E-state index in [9.17, 15) is 20.1 Å². The largest absolute Gasteiger partial charge is 0.395 e. The topological polar surface area (TPSA) is 77.8 Å². The van der Waals surface area contributed by atoms with Crippen molar-refractivity contribution >= 4 is 5.78 Å². The van der Waals surface area contributed by atoms with Gasteiger partial charge in [0.05, 0.1) is 24.2 Å². The van der Waals surface area contributed by atoms with E-state index in [-0.39, 0.29) is 11.2 Å². The van der Waals surface area contributed by atoms with Gasteiger partial charge in [-0.1, -0.05) is 12.2 Å². The Morgan fingerprint density at radius 1 is 1.35 bits per heavy atom. The van der Waals surface area contributed by atoms with Crippen LogP contribution in [0.25, 0.3) is 0 Å². The molecule has 1 spiro atoms. The minimum absolute atomic E-state index is 0.227. The van der Waals surface area contributed by atoms with Crippen molar-refractivity contribution in [1.82, 2.24) is 0 Å². The number of Topliss-reactive ketones (excluding diaryl/α,β-unsaturated/α-hetero) is 1. The van der Waals surface area contributed by atoms with Crippen LogP contribution in [0, 0.1) is 28.6 Å². The molecule has 0 radical (unpaired) electrons. The molecule has 3 aliphatic carbocycles. The molecular formula is C19H24O4. The van der Waals surface area contributed by atoms with Crippen LogP contribution in [-0.2, 0) is 4.79 Å². The van der Waals surface area contributed by atoms with Crippen molar-refractivity contribution in [2.75, 3.05) is 6.61 Å². The van der Waals surface area contributed by atoms with Gasteiger partial charge in [0.25, 0.3) is 0 Å². The summed E-state index contributed by atoms with van der Waals surface area (Å²) >= 11 is 0. The number of rotatable bonds is 3. The first kappa shape index (κ1) is 16.4. The Morgan fingerprint density at radius 2 is 2.00 bits per heavy atom. The summed E-state index contributed by atoms with van der Waals surface area (Å²) in [5.41, 5.74) is 0.686. The minimum Gasteiger partial charge on any atom is -0.395 e. The summed E-state index contributed by atoms with van der Waals surface area (Å²) in [5.74, 6) is 4.99. The lowest BCUT2D eigenvalue weighted by molar-refractivity contribution is -0.129. The molecule has 0 bridgehead atoms. The maximum Gasteiger partial charge on any atom is 0.170 e. The fourth-order valence-electron chi connectivity index (χ4n) is 4.37. The first-order valence-electron chi connectivity index (χ1n) is 8.19. The molecule has 0 aromatic heterocycles. The van der Waals surface area contributed by atoms with Gasteiger partial charge in [-0.25, -0.2) is 0 Å². The monoisotopic (exact) mass is 316 g/mol. The van der Waals surface area contributed by atoms with Gasteiger partial charge < -0.3 is 15.3 Å². The molecule has 0 aliphatic heterocycles. The highest BCUT2D eigenvalue weighted by molar-refractivity contribution is 6.05. The number of aliphatic hydroxyl groups is 3. The van der Waals surface area contributed by atoms with E-state index in [2.05, 4.69) is 18.4 Å². The Hall–Kier alpha value is -1.41. The molecule has 3 aliphatic rings. The molecule has 4 atom stereocenters. The number of aliphatic hydroxyl groups excluding tert-OH is 3. The summed E-state index contributed by atoms with van der Waals surface area (Å²) in [6.45, 7) is 7.00. The molecule has 3 N–H and O–H groups in total. The van der Waals surface area contributed by atoms with Crippen molar-refractivity contribution in [2.24, 2.45) is 16.7 Å². The number of carbonyl (C=O) groups is 1. The zero-order chi connectivity index (χ0) is 17.0. The SMILES string of the molecule is C=C1C(O)C2C(=C(CCC#CC)C13CC3)C(=O)C(C)(CO)C2O. The first-order valence-corrected chi connectivity index (χ1v) is 8.19. The smallest absolute Gasteiger partial charge is 0.170 e. The Morgan fingerprint density at radius 3 is 2.52 bits per heavy atom. The number of ketones is 1. The van der Waals surface area contributed by atoms with Crippen LogP contribution in [0.1, 0.15) is 39.5 Å². The van der Waals surface area contributed by atoms with Crippen LogP contribution >= 0.6 is 0 Å². The second kappa shape index (κ2) is 5.31. The molecule has 0 amide bonds. The third-order valence-electron chi connectivity index (χ3n) is 6.06. The molecule has 0 saturated heterocycles. The fraction of sp³-hybridized carbons (Fsp3) is 0.632. The molecule has 0 aromatic carbocycles. The van der Waals surface area contributed by atoms with Crippen molar-refractivity contribution in [3.8, 4) is 11.8 Å². The third kappa shape index (κ3) is 2.00. The second-order valence-corrected chi connectivity index (χ2v) is 7.25. The van der Waals surface area contributed by atoms with Crippen LogP contribution in [0.15, 0.2) is 23.3 Å². The van der Waals surface area contributed by atoms with Gasteiger partial charge in [-0.3, -0.25) is 4.79 Å². The van der Waals surface area contributed by atoms with E-state index in [1.54, 1.807) is 13.8 Å². The normalized spacial score (nSPS) is 37.7. The van der Waals surface area contributed by atoms with E-state index in [4.69, 9.17) is 0 Å². The summed E-state index contributed by atoms with van der Waals surface area (Å²) in [4.78, 5) is 13.0. The van der Waals surface area contributed by atoms with Crippen molar-refractivity contribution < 1.29 is 20.1 Å². The van der Waals surface area contributed by atoms with Crippen LogP contribution < -0.4 is 0 Å². The highest BCUT2D eigenvalue weighted by atomic mass is 16.3. The Kier molecular flexibility index (Phi) is 3.79. The van der Waals surface area contributed by atoms with E-state index in [0.29, 0.717) is 24.0 Å². The standard InChI is InChI=1S/C19H24O4/c1-4-5-6-7-12-13-14(15(21)11(2)19(12)8-9-19)17(23)18(3,10-20)16(13)22/h14-15,17,20-21,23H,2,6-10H2,1,3H3. The number of hydrogen-bond donors (Lipinski definition) is 3. The van der Waals surface area contributed by atoms with E-state index < -0.39 is 30.1 Å². The lowest BCUT2D eigenvalue weighted by Crippen LogP contribution is -2.42. The Bertz CT molecular complexity index is 659. The van der Waals surface area contributed by atoms with Gasteiger partial charge in [0.15, 0.2) is 5.78 Å². The highest BCUT2D eigenvalue weighted by Crippen LogP contribution is 2.66. The molecule has 0 aromatic rings. The molecule has 3 rings (SSSR count). The summed E-state index contributed by atoms with van der Waals surface area (Å²) in [6, 6.07) is 0. The first-order chi connectivity index (χ1) is 10.8. The number of hydrogen-bond acceptors (Lipinski definition) is 4. The highest BCUT2D eigenvalue weighted by Gasteiger charge is 2.64. The predicted molar refractivity (Wildman–Crippen MR) is 86.2 cm³/mol. The Labute approximate surface area is 136 Å². The van der Waals surface area contributed by atoms with Gasteiger partial charge >= 0.3 is 0 Å². The summed E-state index contributed by atoms with van der Waals surface area (Å²) in [6.07, 6.45) is 1.04. The van der Waals surface area contributed by atoms with Crippen LogP contribution in [0.5, 0.6) is 0 Å². The van der Waals surface area contributed by atoms with Gasteiger partial charge in [-0.05, 0) is 38.7 Å². The lowest BCUT2D eigenvalue weighted by atomic mass is 9.69. The van der Waals surface area contributed by atoms with Crippen LogP contribution in [0.3, 0.4) is 0 Å². The zero-order valence-electron chi connectivity index (χ0n) is 13.7. The maximum absolute atomic E-state index is 13.0. The number of carbonyl (C=O) groups excluding carboxylic acids is 1. The quantitative estimate of drug-likeness (QED) is 0.543. The summed E-state index contributed by atoms with van der Waals surface area (Å²) < 4.78 is 0. The average Bonchev–Trinajstić information content (AvgIpc) is 3.31. The molecule has 2 fully saturated rings. The fourth-order valence-corrected chi connectivity index (χ4v) is 4.37. The van der Waals surface area contributed by atoms with Gasteiger partial charge in [0.2, 0.25) is 0 Å². The van der Waals surface area contributed by atoms with Gasteiger partial charge in [-0.2, -0.15) is 0 Å². The predicted octanol–water partition coefficient (Wildman–Crippen LogP) is 1.36. The van der Waals surface area contributed by atoms with Crippen molar-refractivity contribution in [2.45, 2.75) is 51.7 Å². The van der Waals surface area contributed by atoms with E-state index in [0.717, 1.165) is 18.4 Å². The minimum atomic E-state index is -1.25. The van der Waals surface area contributed by atoms with Gasteiger partial charge in [-0.15, -0.1) is 11.8 Å². The van der Waals surface area contributed by atoms with E-state index in [1.807, 2.05) is 0 Å². The molecular weight excluding hydrogens is 292 g/mol. The van der Waals surface area contributed by atoms with Gasteiger partial charge in [0, 0.05) is 23.3 Å². The summed E-state index contributed by atoms with van der Waals surface area (Å²) in [5, 5.41) is 31.0. The van der Waals surface area contributed by atoms with Crippen LogP contribution in [-0.4, -0.2) is 39.9 Å².